The molecule has 1 saturated heterocycles. The van der Waals surface area contributed by atoms with E-state index in [9.17, 15) is 30.3 Å². The molecular formula is C60H113NO8. The second kappa shape index (κ2) is 50.0. The molecule has 1 aliphatic rings. The third-order valence-electron chi connectivity index (χ3n) is 14.2. The Hall–Kier alpha value is -1.59. The van der Waals surface area contributed by atoms with Crippen LogP contribution in [0, 0.1) is 0 Å². The summed E-state index contributed by atoms with van der Waals surface area (Å²) in [5.41, 5.74) is 0. The van der Waals surface area contributed by atoms with Crippen molar-refractivity contribution in [3.8, 4) is 0 Å². The molecule has 7 atom stereocenters. The van der Waals surface area contributed by atoms with E-state index in [0.29, 0.717) is 6.42 Å². The number of carbonyl (C=O) groups is 1. The topological polar surface area (TPSA) is 149 Å². The standard InChI is InChI=1S/C60H113NO8/c1-3-5-7-9-11-13-15-17-18-19-20-21-22-23-24-25-26-27-28-29-30-31-32-33-34-35-36-38-40-42-44-46-48-50-56(64)61-53(52-68-60-59(67)58(66)57(65)55(51-62)69-60)54(63)49-47-45-43-41-39-37-16-14-12-10-8-6-4-2/h12,14,39,41,47,49,53-55,57-60,62-63,65-67H,3-11,13,15-38,40,42-46,48,50-52H2,1-2H3,(H,61,64)/b14-12+,41-39+,49-47+. The number of aliphatic hydroxyl groups is 5. The van der Waals surface area contributed by atoms with E-state index in [2.05, 4.69) is 43.5 Å². The maximum absolute atomic E-state index is 13.0. The summed E-state index contributed by atoms with van der Waals surface area (Å²) in [6.45, 7) is 3.74. The van der Waals surface area contributed by atoms with Crippen LogP contribution in [-0.4, -0.2) is 87.5 Å². The van der Waals surface area contributed by atoms with E-state index in [1.807, 2.05) is 6.08 Å². The van der Waals surface area contributed by atoms with Gasteiger partial charge in [-0.1, -0.05) is 269 Å². The van der Waals surface area contributed by atoms with Crippen molar-refractivity contribution in [2.45, 2.75) is 326 Å². The molecule has 0 saturated carbocycles. The van der Waals surface area contributed by atoms with Crippen LogP contribution in [0.5, 0.6) is 0 Å². The molecule has 0 spiro atoms. The molecule has 1 amide bonds. The van der Waals surface area contributed by atoms with E-state index >= 15 is 0 Å². The van der Waals surface area contributed by atoms with Crippen LogP contribution in [0.2, 0.25) is 0 Å². The SMILES string of the molecule is CCCCC/C=C/CC/C=C/CC/C=C/C(O)C(COC1OC(CO)C(O)C(O)C1O)NC(=O)CCCCCCCCCCCCCCCCCCCCCCCCCCCCCCCCCCC. The lowest BCUT2D eigenvalue weighted by Gasteiger charge is -2.40. The Labute approximate surface area is 425 Å². The fraction of sp³-hybridized carbons (Fsp3) is 0.883. The second-order valence-electron chi connectivity index (χ2n) is 20.8. The first-order valence-corrected chi connectivity index (χ1v) is 29.7. The van der Waals surface area contributed by atoms with Gasteiger partial charge in [-0.3, -0.25) is 4.79 Å². The highest BCUT2D eigenvalue weighted by atomic mass is 16.7. The van der Waals surface area contributed by atoms with Gasteiger partial charge in [0.1, 0.15) is 24.4 Å². The third kappa shape index (κ3) is 39.6. The molecular weight excluding hydrogens is 863 g/mol. The number of unbranched alkanes of at least 4 members (excludes halogenated alkanes) is 37. The molecule has 69 heavy (non-hydrogen) atoms. The molecule has 9 nitrogen and oxygen atoms in total. The molecule has 0 radical (unpaired) electrons. The van der Waals surface area contributed by atoms with Crippen molar-refractivity contribution in [3.63, 3.8) is 0 Å². The summed E-state index contributed by atoms with van der Waals surface area (Å²) in [5, 5.41) is 54.3. The Kier molecular flexibility index (Phi) is 47.4. The van der Waals surface area contributed by atoms with Crippen LogP contribution in [0.1, 0.15) is 284 Å². The second-order valence-corrected chi connectivity index (χ2v) is 20.8. The number of amides is 1. The molecule has 1 heterocycles. The highest BCUT2D eigenvalue weighted by Gasteiger charge is 2.44. The van der Waals surface area contributed by atoms with Gasteiger partial charge in [-0.15, -0.1) is 0 Å². The number of nitrogens with one attached hydrogen (secondary N) is 1. The summed E-state index contributed by atoms with van der Waals surface area (Å²) < 4.78 is 11.2. The quantitative estimate of drug-likeness (QED) is 0.0261. The summed E-state index contributed by atoms with van der Waals surface area (Å²) in [7, 11) is 0. The van der Waals surface area contributed by atoms with Crippen LogP contribution in [0.25, 0.3) is 0 Å². The minimum atomic E-state index is -1.57. The maximum Gasteiger partial charge on any atom is 0.220 e. The number of carbonyl (C=O) groups excluding carboxylic acids is 1. The largest absolute Gasteiger partial charge is 0.394 e. The Morgan fingerprint density at radius 2 is 0.826 bits per heavy atom. The van der Waals surface area contributed by atoms with Crippen LogP contribution >= 0.6 is 0 Å². The van der Waals surface area contributed by atoms with Gasteiger partial charge >= 0.3 is 0 Å². The van der Waals surface area contributed by atoms with Crippen LogP contribution in [0.4, 0.5) is 0 Å². The zero-order valence-electron chi connectivity index (χ0n) is 45.1. The van der Waals surface area contributed by atoms with E-state index < -0.39 is 49.5 Å². The van der Waals surface area contributed by atoms with E-state index in [4.69, 9.17) is 9.47 Å². The van der Waals surface area contributed by atoms with Gasteiger partial charge in [0.15, 0.2) is 6.29 Å². The van der Waals surface area contributed by atoms with Gasteiger partial charge in [-0.25, -0.2) is 0 Å². The first kappa shape index (κ1) is 65.4. The lowest BCUT2D eigenvalue weighted by Crippen LogP contribution is -2.60. The number of hydrogen-bond donors (Lipinski definition) is 6. The number of aliphatic hydroxyl groups excluding tert-OH is 5. The summed E-state index contributed by atoms with van der Waals surface area (Å²) >= 11 is 0. The fourth-order valence-electron chi connectivity index (χ4n) is 9.49. The molecule has 7 unspecified atom stereocenters. The van der Waals surface area contributed by atoms with Crippen molar-refractivity contribution in [1.82, 2.24) is 5.32 Å². The van der Waals surface area contributed by atoms with Gasteiger partial charge in [0.2, 0.25) is 5.91 Å². The molecule has 0 aromatic heterocycles. The summed E-state index contributed by atoms with van der Waals surface area (Å²) in [5.74, 6) is -0.187. The summed E-state index contributed by atoms with van der Waals surface area (Å²) in [4.78, 5) is 13.0. The van der Waals surface area contributed by atoms with E-state index in [-0.39, 0.29) is 12.5 Å². The Balaban J connectivity index is 2.10. The first-order valence-electron chi connectivity index (χ1n) is 29.7. The van der Waals surface area contributed by atoms with Crippen molar-refractivity contribution in [2.75, 3.05) is 13.2 Å². The average molecular weight is 977 g/mol. The molecule has 0 aromatic rings. The predicted octanol–water partition coefficient (Wildman–Crippen LogP) is 14.7. The van der Waals surface area contributed by atoms with E-state index in [1.54, 1.807) is 6.08 Å². The van der Waals surface area contributed by atoms with Crippen molar-refractivity contribution >= 4 is 5.91 Å². The number of rotatable bonds is 51. The molecule has 0 bridgehead atoms. The summed E-state index contributed by atoms with van der Waals surface area (Å²) in [6, 6.07) is -0.825. The van der Waals surface area contributed by atoms with Crippen LogP contribution < -0.4 is 5.32 Å². The first-order chi connectivity index (χ1) is 33.8. The Morgan fingerprint density at radius 1 is 0.478 bits per heavy atom. The van der Waals surface area contributed by atoms with Gasteiger partial charge in [0.05, 0.1) is 25.4 Å². The molecule has 1 rings (SSSR count). The van der Waals surface area contributed by atoms with Crippen molar-refractivity contribution < 1.29 is 39.8 Å². The molecule has 1 fully saturated rings. The minimum absolute atomic E-state index is 0.187. The van der Waals surface area contributed by atoms with Crippen molar-refractivity contribution in [2.24, 2.45) is 0 Å². The minimum Gasteiger partial charge on any atom is -0.394 e. The summed E-state index contributed by atoms with van der Waals surface area (Å²) in [6.07, 6.45) is 58.2. The van der Waals surface area contributed by atoms with E-state index in [1.165, 1.54) is 212 Å². The van der Waals surface area contributed by atoms with Crippen molar-refractivity contribution in [1.29, 1.82) is 0 Å². The predicted molar refractivity (Wildman–Crippen MR) is 290 cm³/mol. The average Bonchev–Trinajstić information content (AvgIpc) is 3.35. The highest BCUT2D eigenvalue weighted by molar-refractivity contribution is 5.76. The lowest BCUT2D eigenvalue weighted by molar-refractivity contribution is -0.302. The number of allylic oxidation sites excluding steroid dienone is 5. The molecule has 6 N–H and O–H groups in total. The van der Waals surface area contributed by atoms with Crippen LogP contribution in [-0.2, 0) is 14.3 Å². The molecule has 1 aliphatic heterocycles. The van der Waals surface area contributed by atoms with Crippen molar-refractivity contribution in [3.05, 3.63) is 36.5 Å². The smallest absolute Gasteiger partial charge is 0.220 e. The molecule has 0 aromatic carbocycles. The zero-order valence-corrected chi connectivity index (χ0v) is 45.1. The van der Waals surface area contributed by atoms with E-state index in [0.717, 1.165) is 51.4 Å². The van der Waals surface area contributed by atoms with Gasteiger partial charge in [-0.2, -0.15) is 0 Å². The third-order valence-corrected chi connectivity index (χ3v) is 14.2. The number of ether oxygens (including phenoxy) is 2. The lowest BCUT2D eigenvalue weighted by atomic mass is 9.99. The molecule has 9 heteroatoms. The molecule has 0 aliphatic carbocycles. The molecule has 406 valence electrons. The normalized spacial score (nSPS) is 19.7. The zero-order chi connectivity index (χ0) is 50.1. The maximum atomic E-state index is 13.0. The van der Waals surface area contributed by atoms with Gasteiger partial charge in [0, 0.05) is 6.42 Å². The highest BCUT2D eigenvalue weighted by Crippen LogP contribution is 2.23. The van der Waals surface area contributed by atoms with Gasteiger partial charge < -0.3 is 40.3 Å². The van der Waals surface area contributed by atoms with Gasteiger partial charge in [0.25, 0.3) is 0 Å². The monoisotopic (exact) mass is 976 g/mol. The number of hydrogen-bond acceptors (Lipinski definition) is 8. The fourth-order valence-corrected chi connectivity index (χ4v) is 9.49. The Bertz CT molecular complexity index is 1180. The van der Waals surface area contributed by atoms with Crippen LogP contribution in [0.15, 0.2) is 36.5 Å². The Morgan fingerprint density at radius 3 is 1.22 bits per heavy atom. The van der Waals surface area contributed by atoms with Crippen LogP contribution in [0.3, 0.4) is 0 Å². The van der Waals surface area contributed by atoms with Gasteiger partial charge in [-0.05, 0) is 44.9 Å².